The number of carboxylic acids is 1. The molecule has 0 saturated carbocycles. The van der Waals surface area contributed by atoms with Gasteiger partial charge in [-0.2, -0.15) is 0 Å². The number of carbonyl (C=O) groups is 1. The van der Waals surface area contributed by atoms with E-state index >= 15 is 0 Å². The molecule has 3 aliphatic heterocycles. The van der Waals surface area contributed by atoms with E-state index in [0.717, 1.165) is 47.9 Å². The Labute approximate surface area is 240 Å². The van der Waals surface area contributed by atoms with Gasteiger partial charge in [0.15, 0.2) is 6.39 Å². The molecular weight excluding hydrogens is 549 g/mol. The van der Waals surface area contributed by atoms with Gasteiger partial charge in [0, 0.05) is 60.3 Å². The highest BCUT2D eigenvalue weighted by atomic mass is 35.5. The van der Waals surface area contributed by atoms with E-state index in [1.54, 1.807) is 36.7 Å². The molecule has 11 heteroatoms. The summed E-state index contributed by atoms with van der Waals surface area (Å²) >= 11 is 5.84. The van der Waals surface area contributed by atoms with Crippen LogP contribution in [0.5, 0.6) is 5.88 Å². The van der Waals surface area contributed by atoms with Crippen molar-refractivity contribution in [1.82, 2.24) is 25.1 Å². The molecule has 41 heavy (non-hydrogen) atoms. The summed E-state index contributed by atoms with van der Waals surface area (Å²) in [4.78, 5) is 24.8. The second-order valence-corrected chi connectivity index (χ2v) is 10.4. The van der Waals surface area contributed by atoms with Gasteiger partial charge in [-0.15, -0.1) is 0 Å². The molecule has 0 amide bonds. The van der Waals surface area contributed by atoms with Crippen LogP contribution in [0.15, 0.2) is 94.9 Å². The number of carboxylic acid groups (broad SMARTS) is 1. The summed E-state index contributed by atoms with van der Waals surface area (Å²) in [5.41, 5.74) is 5.34. The number of nitrogens with one attached hydrogen (secondary N) is 1. The summed E-state index contributed by atoms with van der Waals surface area (Å²) in [7, 11) is 0. The van der Waals surface area contributed by atoms with E-state index in [2.05, 4.69) is 26.3 Å². The standard InChI is InChI=1S/C30H27ClFN5O4/c31-22-6-4-21(24(32)12-22)16-41-29-3-1-2-25(35-29)19-8-10-36(11-9-19)15-26-27(13-23-17-40-18-33-23)37-14-20(30(38)39)5-7-28(37)34-26/h1-8,12,14,17-18,28,34H,9-11,13,15-16H2,(H,38,39). The lowest BCUT2D eigenvalue weighted by Crippen LogP contribution is -2.37. The first-order valence-electron chi connectivity index (χ1n) is 13.2. The first-order chi connectivity index (χ1) is 19.9. The van der Waals surface area contributed by atoms with Crippen LogP contribution in [0.4, 0.5) is 4.39 Å². The minimum absolute atomic E-state index is 0.0570. The van der Waals surface area contributed by atoms with Gasteiger partial charge in [0.1, 0.15) is 24.9 Å². The molecule has 2 N–H and O–H groups in total. The van der Waals surface area contributed by atoms with Gasteiger partial charge in [-0.05, 0) is 42.3 Å². The van der Waals surface area contributed by atoms with Crippen LogP contribution in [0.3, 0.4) is 0 Å². The van der Waals surface area contributed by atoms with E-state index in [0.29, 0.717) is 29.4 Å². The van der Waals surface area contributed by atoms with Crippen molar-refractivity contribution in [2.45, 2.75) is 25.6 Å². The molecule has 0 radical (unpaired) electrons. The van der Waals surface area contributed by atoms with Crippen molar-refractivity contribution in [2.75, 3.05) is 19.6 Å². The molecule has 0 fully saturated rings. The smallest absolute Gasteiger partial charge is 0.337 e. The summed E-state index contributed by atoms with van der Waals surface area (Å²) in [6, 6.07) is 10.1. The van der Waals surface area contributed by atoms with Crippen LogP contribution < -0.4 is 10.1 Å². The van der Waals surface area contributed by atoms with Crippen molar-refractivity contribution in [1.29, 1.82) is 0 Å². The summed E-state index contributed by atoms with van der Waals surface area (Å²) in [6.07, 6.45) is 11.5. The molecule has 0 spiro atoms. The Morgan fingerprint density at radius 1 is 1.29 bits per heavy atom. The maximum Gasteiger partial charge on any atom is 0.337 e. The fourth-order valence-electron chi connectivity index (χ4n) is 5.08. The molecule has 0 saturated heterocycles. The van der Waals surface area contributed by atoms with Gasteiger partial charge in [-0.1, -0.05) is 29.8 Å². The molecule has 3 aromatic rings. The van der Waals surface area contributed by atoms with Crippen molar-refractivity contribution in [3.63, 3.8) is 0 Å². The molecule has 2 aromatic heterocycles. The Morgan fingerprint density at radius 3 is 2.95 bits per heavy atom. The monoisotopic (exact) mass is 575 g/mol. The summed E-state index contributed by atoms with van der Waals surface area (Å²) in [5, 5.41) is 13.4. The number of halogens is 2. The number of hydrogen-bond donors (Lipinski definition) is 2. The van der Waals surface area contributed by atoms with Crippen molar-refractivity contribution in [3.05, 3.63) is 118 Å². The van der Waals surface area contributed by atoms with Crippen molar-refractivity contribution in [2.24, 2.45) is 0 Å². The summed E-state index contributed by atoms with van der Waals surface area (Å²) in [5.74, 6) is -0.954. The second-order valence-electron chi connectivity index (χ2n) is 9.93. The number of allylic oxidation sites excluding steroid dienone is 1. The quantitative estimate of drug-likeness (QED) is 0.374. The zero-order valence-corrected chi connectivity index (χ0v) is 22.7. The highest BCUT2D eigenvalue weighted by molar-refractivity contribution is 6.30. The maximum atomic E-state index is 14.1. The number of ether oxygens (including phenoxy) is 1. The Bertz CT molecular complexity index is 1580. The number of fused-ring (bicyclic) bond motifs is 1. The lowest BCUT2D eigenvalue weighted by Gasteiger charge is -2.27. The Hall–Kier alpha value is -4.41. The van der Waals surface area contributed by atoms with Crippen molar-refractivity contribution >= 4 is 23.1 Å². The van der Waals surface area contributed by atoms with Gasteiger partial charge in [-0.25, -0.2) is 19.2 Å². The summed E-state index contributed by atoms with van der Waals surface area (Å²) < 4.78 is 25.0. The fraction of sp³-hybridized carbons (Fsp3) is 0.233. The average Bonchev–Trinajstić information content (AvgIpc) is 3.61. The van der Waals surface area contributed by atoms with Crippen molar-refractivity contribution < 1.29 is 23.4 Å². The van der Waals surface area contributed by atoms with Gasteiger partial charge in [-0.3, -0.25) is 4.90 Å². The Kier molecular flexibility index (Phi) is 7.58. The number of pyridine rings is 1. The number of oxazole rings is 1. The van der Waals surface area contributed by atoms with Crippen LogP contribution >= 0.6 is 11.6 Å². The highest BCUT2D eigenvalue weighted by Gasteiger charge is 2.33. The van der Waals surface area contributed by atoms with E-state index < -0.39 is 11.8 Å². The van der Waals surface area contributed by atoms with Crippen LogP contribution in [0.2, 0.25) is 5.02 Å². The lowest BCUT2D eigenvalue weighted by atomic mass is 10.0. The number of aromatic nitrogens is 2. The molecule has 0 aliphatic carbocycles. The molecule has 1 unspecified atom stereocenters. The molecule has 5 heterocycles. The van der Waals surface area contributed by atoms with Gasteiger partial charge in [0.2, 0.25) is 5.88 Å². The zero-order chi connectivity index (χ0) is 28.3. The molecule has 210 valence electrons. The first kappa shape index (κ1) is 26.8. The predicted octanol–water partition coefficient (Wildman–Crippen LogP) is 4.75. The van der Waals surface area contributed by atoms with Crippen molar-refractivity contribution in [3.8, 4) is 5.88 Å². The molecule has 9 nitrogen and oxygen atoms in total. The predicted molar refractivity (Wildman–Crippen MR) is 150 cm³/mol. The third-order valence-corrected chi connectivity index (χ3v) is 7.45. The molecule has 1 atom stereocenters. The molecule has 1 aromatic carbocycles. The van der Waals surface area contributed by atoms with Crippen LogP contribution in [-0.4, -0.2) is 56.6 Å². The average molecular weight is 576 g/mol. The number of nitrogens with zero attached hydrogens (tertiary/aromatic N) is 4. The van der Waals surface area contributed by atoms with Gasteiger partial charge < -0.3 is 24.5 Å². The van der Waals surface area contributed by atoms with E-state index in [-0.39, 0.29) is 18.3 Å². The van der Waals surface area contributed by atoms with E-state index in [1.165, 1.54) is 12.5 Å². The first-order valence-corrected chi connectivity index (χ1v) is 13.5. The number of rotatable bonds is 9. The van der Waals surface area contributed by atoms with E-state index in [4.69, 9.17) is 20.8 Å². The largest absolute Gasteiger partial charge is 0.478 e. The topological polar surface area (TPSA) is 104 Å². The fourth-order valence-corrected chi connectivity index (χ4v) is 5.23. The minimum Gasteiger partial charge on any atom is -0.478 e. The van der Waals surface area contributed by atoms with Gasteiger partial charge in [0.05, 0.1) is 17.0 Å². The number of benzene rings is 1. The Morgan fingerprint density at radius 2 is 2.20 bits per heavy atom. The summed E-state index contributed by atoms with van der Waals surface area (Å²) in [6.45, 7) is 2.25. The highest BCUT2D eigenvalue weighted by Crippen LogP contribution is 2.30. The third kappa shape index (κ3) is 6.03. The van der Waals surface area contributed by atoms with E-state index in [1.807, 2.05) is 23.1 Å². The van der Waals surface area contributed by atoms with Crippen LogP contribution in [0.1, 0.15) is 23.4 Å². The van der Waals surface area contributed by atoms with E-state index in [9.17, 15) is 14.3 Å². The SMILES string of the molecule is O=C(O)C1=CN2C(Cc3cocn3)=C(CN3CC=C(c4cccc(OCc5ccc(Cl)cc5F)n4)CC3)NC2C=C1. The third-order valence-electron chi connectivity index (χ3n) is 7.22. The molecule has 3 aliphatic rings. The van der Waals surface area contributed by atoms with Crippen LogP contribution in [-0.2, 0) is 17.8 Å². The number of aliphatic carboxylic acids is 1. The minimum atomic E-state index is -0.970. The molecular formula is C30H27ClFN5O4. The number of hydrogen-bond acceptors (Lipinski definition) is 8. The molecule has 6 rings (SSSR count). The van der Waals surface area contributed by atoms with Crippen LogP contribution in [0, 0.1) is 5.82 Å². The molecule has 0 bridgehead atoms. The second kappa shape index (κ2) is 11.6. The van der Waals surface area contributed by atoms with Crippen LogP contribution in [0.25, 0.3) is 5.57 Å². The van der Waals surface area contributed by atoms with Gasteiger partial charge in [0.25, 0.3) is 0 Å². The van der Waals surface area contributed by atoms with Gasteiger partial charge >= 0.3 is 5.97 Å². The normalized spacial score (nSPS) is 18.6. The lowest BCUT2D eigenvalue weighted by molar-refractivity contribution is -0.132. The maximum absolute atomic E-state index is 14.1. The Balaban J connectivity index is 1.14. The zero-order valence-electron chi connectivity index (χ0n) is 22.0.